The first-order valence-electron chi connectivity index (χ1n) is 6.84. The van der Waals surface area contributed by atoms with E-state index in [1.165, 1.54) is 51.4 Å². The number of hydrogen-bond acceptors (Lipinski definition) is 1. The van der Waals surface area contributed by atoms with E-state index in [9.17, 15) is 4.79 Å². The topological polar surface area (TPSA) is 17.1 Å². The lowest BCUT2D eigenvalue weighted by Crippen LogP contribution is -2.08. The highest BCUT2D eigenvalue weighted by atomic mass is 16.1. The minimum atomic E-state index is 0.508. The average molecular weight is 210 g/mol. The van der Waals surface area contributed by atoms with Crippen molar-refractivity contribution < 1.29 is 4.79 Å². The Balaban J connectivity index is 2.00. The first-order valence-corrected chi connectivity index (χ1v) is 6.84. The SMILES string of the molecule is CCCCCC(=O)CCC1CCCCC1. The van der Waals surface area contributed by atoms with Crippen LogP contribution < -0.4 is 0 Å². The lowest BCUT2D eigenvalue weighted by Gasteiger charge is -2.20. The van der Waals surface area contributed by atoms with Crippen molar-refractivity contribution in [2.45, 2.75) is 77.6 Å². The maximum Gasteiger partial charge on any atom is 0.132 e. The maximum atomic E-state index is 11.6. The molecular weight excluding hydrogens is 184 g/mol. The van der Waals surface area contributed by atoms with Gasteiger partial charge in [0.1, 0.15) is 5.78 Å². The van der Waals surface area contributed by atoms with E-state index in [1.54, 1.807) is 0 Å². The second kappa shape index (κ2) is 7.90. The normalized spacial score (nSPS) is 17.9. The molecule has 1 rings (SSSR count). The lowest BCUT2D eigenvalue weighted by molar-refractivity contribution is -0.119. The van der Waals surface area contributed by atoms with Gasteiger partial charge in [-0.25, -0.2) is 0 Å². The van der Waals surface area contributed by atoms with Crippen LogP contribution in [0.5, 0.6) is 0 Å². The standard InChI is InChI=1S/C14H26O/c1-2-3-5-10-14(15)12-11-13-8-6-4-7-9-13/h13H,2-12H2,1H3. The molecule has 0 spiro atoms. The van der Waals surface area contributed by atoms with Gasteiger partial charge in [0.05, 0.1) is 0 Å². The molecule has 0 radical (unpaired) electrons. The number of unbranched alkanes of at least 4 members (excludes halogenated alkanes) is 2. The Labute approximate surface area is 94.6 Å². The summed E-state index contributed by atoms with van der Waals surface area (Å²) in [6, 6.07) is 0. The number of rotatable bonds is 7. The van der Waals surface area contributed by atoms with Crippen molar-refractivity contribution in [2.24, 2.45) is 5.92 Å². The zero-order chi connectivity index (χ0) is 10.9. The lowest BCUT2D eigenvalue weighted by atomic mass is 9.85. The quantitative estimate of drug-likeness (QED) is 0.566. The zero-order valence-electron chi connectivity index (χ0n) is 10.3. The van der Waals surface area contributed by atoms with Gasteiger partial charge in [-0.05, 0) is 18.8 Å². The van der Waals surface area contributed by atoms with Crippen LogP contribution in [0.3, 0.4) is 0 Å². The van der Waals surface area contributed by atoms with Crippen LogP contribution in [0.15, 0.2) is 0 Å². The molecule has 0 heterocycles. The van der Waals surface area contributed by atoms with Gasteiger partial charge in [0.15, 0.2) is 0 Å². The monoisotopic (exact) mass is 210 g/mol. The van der Waals surface area contributed by atoms with Crippen LogP contribution in [0, 0.1) is 5.92 Å². The van der Waals surface area contributed by atoms with Gasteiger partial charge in [-0.1, -0.05) is 51.9 Å². The van der Waals surface area contributed by atoms with Gasteiger partial charge in [-0.2, -0.15) is 0 Å². The van der Waals surface area contributed by atoms with Gasteiger partial charge < -0.3 is 0 Å². The number of hydrogen-bond donors (Lipinski definition) is 0. The fraction of sp³-hybridized carbons (Fsp3) is 0.929. The molecule has 1 aliphatic carbocycles. The average Bonchev–Trinajstić information content (AvgIpc) is 2.28. The smallest absolute Gasteiger partial charge is 0.132 e. The van der Waals surface area contributed by atoms with Crippen LogP contribution in [0.2, 0.25) is 0 Å². The largest absolute Gasteiger partial charge is 0.300 e. The van der Waals surface area contributed by atoms with Crippen molar-refractivity contribution in [3.8, 4) is 0 Å². The molecule has 0 N–H and O–H groups in total. The van der Waals surface area contributed by atoms with Gasteiger partial charge in [0.25, 0.3) is 0 Å². The van der Waals surface area contributed by atoms with Crippen LogP contribution in [-0.4, -0.2) is 5.78 Å². The van der Waals surface area contributed by atoms with Crippen molar-refractivity contribution >= 4 is 5.78 Å². The molecule has 0 unspecified atom stereocenters. The Hall–Kier alpha value is -0.330. The highest BCUT2D eigenvalue weighted by molar-refractivity contribution is 5.78. The summed E-state index contributed by atoms with van der Waals surface area (Å²) in [4.78, 5) is 11.6. The molecule has 1 aliphatic rings. The van der Waals surface area contributed by atoms with Crippen LogP contribution in [0.25, 0.3) is 0 Å². The van der Waals surface area contributed by atoms with Gasteiger partial charge in [0.2, 0.25) is 0 Å². The molecule has 1 heteroatoms. The molecule has 0 aromatic carbocycles. The number of carbonyl (C=O) groups excluding carboxylic acids is 1. The van der Waals surface area contributed by atoms with Crippen LogP contribution in [0.1, 0.15) is 77.6 Å². The summed E-state index contributed by atoms with van der Waals surface area (Å²) in [6.45, 7) is 2.19. The van der Waals surface area contributed by atoms with Gasteiger partial charge in [-0.3, -0.25) is 4.79 Å². The highest BCUT2D eigenvalue weighted by Gasteiger charge is 2.14. The Morgan fingerprint density at radius 3 is 2.47 bits per heavy atom. The molecule has 0 aliphatic heterocycles. The van der Waals surface area contributed by atoms with Crippen molar-refractivity contribution in [3.63, 3.8) is 0 Å². The fourth-order valence-electron chi connectivity index (χ4n) is 2.54. The Morgan fingerprint density at radius 2 is 1.80 bits per heavy atom. The van der Waals surface area contributed by atoms with Crippen molar-refractivity contribution in [2.75, 3.05) is 0 Å². The third-order valence-corrected chi connectivity index (χ3v) is 3.62. The first kappa shape index (κ1) is 12.7. The second-order valence-corrected chi connectivity index (χ2v) is 5.04. The summed E-state index contributed by atoms with van der Waals surface area (Å²) in [6.07, 6.45) is 13.4. The zero-order valence-corrected chi connectivity index (χ0v) is 10.3. The molecule has 0 amide bonds. The Morgan fingerprint density at radius 1 is 1.07 bits per heavy atom. The van der Waals surface area contributed by atoms with Crippen LogP contribution >= 0.6 is 0 Å². The van der Waals surface area contributed by atoms with Crippen molar-refractivity contribution in [1.29, 1.82) is 0 Å². The fourth-order valence-corrected chi connectivity index (χ4v) is 2.54. The Bertz CT molecular complexity index is 168. The molecule has 0 aromatic rings. The van der Waals surface area contributed by atoms with E-state index in [0.717, 1.165) is 25.2 Å². The highest BCUT2D eigenvalue weighted by Crippen LogP contribution is 2.27. The molecule has 15 heavy (non-hydrogen) atoms. The van der Waals surface area contributed by atoms with E-state index < -0.39 is 0 Å². The van der Waals surface area contributed by atoms with Gasteiger partial charge in [0, 0.05) is 12.8 Å². The van der Waals surface area contributed by atoms with Gasteiger partial charge in [-0.15, -0.1) is 0 Å². The minimum Gasteiger partial charge on any atom is -0.300 e. The molecular formula is C14H26O. The third kappa shape index (κ3) is 5.96. The maximum absolute atomic E-state index is 11.6. The van der Waals surface area contributed by atoms with Crippen molar-refractivity contribution in [1.82, 2.24) is 0 Å². The predicted octanol–water partition coefficient (Wildman–Crippen LogP) is 4.50. The van der Waals surface area contributed by atoms with Crippen LogP contribution in [-0.2, 0) is 4.79 Å². The molecule has 1 nitrogen and oxygen atoms in total. The number of Topliss-reactive ketones (excluding diaryl/α,β-unsaturated/α-hetero) is 1. The van der Waals surface area contributed by atoms with Crippen molar-refractivity contribution in [3.05, 3.63) is 0 Å². The van der Waals surface area contributed by atoms with E-state index in [0.29, 0.717) is 5.78 Å². The number of carbonyl (C=O) groups is 1. The molecule has 0 saturated heterocycles. The molecule has 88 valence electrons. The molecule has 1 saturated carbocycles. The summed E-state index contributed by atoms with van der Waals surface area (Å²) < 4.78 is 0. The van der Waals surface area contributed by atoms with E-state index in [4.69, 9.17) is 0 Å². The van der Waals surface area contributed by atoms with Gasteiger partial charge >= 0.3 is 0 Å². The summed E-state index contributed by atoms with van der Waals surface area (Å²) in [5, 5.41) is 0. The predicted molar refractivity (Wildman–Crippen MR) is 65.0 cm³/mol. The second-order valence-electron chi connectivity index (χ2n) is 5.04. The molecule has 1 fully saturated rings. The number of ketones is 1. The molecule has 0 bridgehead atoms. The summed E-state index contributed by atoms with van der Waals surface area (Å²) in [7, 11) is 0. The minimum absolute atomic E-state index is 0.508. The summed E-state index contributed by atoms with van der Waals surface area (Å²) in [5.41, 5.74) is 0. The third-order valence-electron chi connectivity index (χ3n) is 3.62. The van der Waals surface area contributed by atoms with E-state index in [2.05, 4.69) is 6.92 Å². The van der Waals surface area contributed by atoms with E-state index >= 15 is 0 Å². The molecule has 0 aromatic heterocycles. The summed E-state index contributed by atoms with van der Waals surface area (Å²) >= 11 is 0. The molecule has 0 atom stereocenters. The summed E-state index contributed by atoms with van der Waals surface area (Å²) in [5.74, 6) is 1.38. The first-order chi connectivity index (χ1) is 7.33. The van der Waals surface area contributed by atoms with E-state index in [-0.39, 0.29) is 0 Å². The van der Waals surface area contributed by atoms with Crippen LogP contribution in [0.4, 0.5) is 0 Å². The van der Waals surface area contributed by atoms with E-state index in [1.807, 2.05) is 0 Å². The Kier molecular flexibility index (Phi) is 6.71.